The van der Waals surface area contributed by atoms with E-state index in [1.807, 2.05) is 29.8 Å². The van der Waals surface area contributed by atoms with E-state index in [0.717, 1.165) is 38.8 Å². The first-order valence-electron chi connectivity index (χ1n) is 10.2. The number of pyridine rings is 1. The molecule has 1 amide bonds. The summed E-state index contributed by atoms with van der Waals surface area (Å²) >= 11 is 1.40. The maximum Gasteiger partial charge on any atom is 0.261 e. The van der Waals surface area contributed by atoms with E-state index < -0.39 is 0 Å². The average molecular weight is 439 g/mol. The lowest BCUT2D eigenvalue weighted by atomic mass is 10.0. The topological polar surface area (TPSA) is 59.4 Å². The van der Waals surface area contributed by atoms with Crippen molar-refractivity contribution in [2.45, 2.75) is 12.6 Å². The maximum absolute atomic E-state index is 13.9. The maximum atomic E-state index is 13.9. The molecule has 6 nitrogen and oxygen atoms in total. The molecule has 0 saturated carbocycles. The van der Waals surface area contributed by atoms with Crippen molar-refractivity contribution >= 4 is 38.4 Å². The number of hydrogen-bond acceptors (Lipinski definition) is 5. The van der Waals surface area contributed by atoms with Crippen molar-refractivity contribution in [1.82, 2.24) is 19.8 Å². The number of aromatic nitrogens is 2. The van der Waals surface area contributed by atoms with Gasteiger partial charge in [-0.15, -0.1) is 11.3 Å². The molecule has 4 aromatic rings. The Morgan fingerprint density at radius 3 is 3.06 bits per heavy atom. The van der Waals surface area contributed by atoms with Crippen molar-refractivity contribution in [3.63, 3.8) is 0 Å². The van der Waals surface area contributed by atoms with Gasteiger partial charge in [-0.2, -0.15) is 0 Å². The van der Waals surface area contributed by atoms with Gasteiger partial charge in [-0.05, 0) is 29.8 Å². The number of thiophene rings is 1. The Bertz CT molecular complexity index is 1280. The van der Waals surface area contributed by atoms with Crippen molar-refractivity contribution in [2.24, 2.45) is 7.05 Å². The number of nitrogens with one attached hydrogen (secondary N) is 1. The van der Waals surface area contributed by atoms with Crippen LogP contribution in [0, 0.1) is 5.82 Å². The zero-order valence-electron chi connectivity index (χ0n) is 17.4. The van der Waals surface area contributed by atoms with E-state index in [1.54, 1.807) is 19.3 Å². The van der Waals surface area contributed by atoms with E-state index in [9.17, 15) is 9.18 Å². The summed E-state index contributed by atoms with van der Waals surface area (Å²) in [6.45, 7) is 2.68. The van der Waals surface area contributed by atoms with Crippen LogP contribution in [-0.2, 0) is 18.3 Å². The van der Waals surface area contributed by atoms with Crippen LogP contribution in [-0.4, -0.2) is 47.1 Å². The molecule has 31 heavy (non-hydrogen) atoms. The molecule has 3 aromatic heterocycles. The summed E-state index contributed by atoms with van der Waals surface area (Å²) in [5.74, 6) is -0.351. The number of rotatable bonds is 4. The van der Waals surface area contributed by atoms with Gasteiger partial charge in [0.05, 0.1) is 12.7 Å². The molecule has 1 saturated heterocycles. The third-order valence-electron chi connectivity index (χ3n) is 5.84. The van der Waals surface area contributed by atoms with Gasteiger partial charge in [0, 0.05) is 68.0 Å². The number of amides is 1. The number of halogens is 1. The highest BCUT2D eigenvalue weighted by Crippen LogP contribution is 2.37. The Kier molecular flexibility index (Phi) is 5.21. The highest BCUT2D eigenvalue weighted by molar-refractivity contribution is 7.20. The Labute approximate surface area is 183 Å². The highest BCUT2D eigenvalue weighted by atomic mass is 32.1. The fourth-order valence-electron chi connectivity index (χ4n) is 4.39. The average Bonchev–Trinajstić information content (AvgIpc) is 3.31. The fraction of sp³-hybridized carbons (Fsp3) is 0.304. The van der Waals surface area contributed by atoms with Crippen LogP contribution in [0.4, 0.5) is 4.39 Å². The number of benzene rings is 1. The summed E-state index contributed by atoms with van der Waals surface area (Å²) in [6.07, 6.45) is 3.57. The summed E-state index contributed by atoms with van der Waals surface area (Å²) in [5.41, 5.74) is 3.00. The summed E-state index contributed by atoms with van der Waals surface area (Å²) in [4.78, 5) is 20.8. The smallest absolute Gasteiger partial charge is 0.261 e. The first-order chi connectivity index (χ1) is 15.0. The molecule has 1 fully saturated rings. The Balaban J connectivity index is 1.47. The molecule has 4 heterocycles. The number of morpholine rings is 1. The van der Waals surface area contributed by atoms with Crippen LogP contribution in [0.5, 0.6) is 0 Å². The van der Waals surface area contributed by atoms with Crippen LogP contribution >= 0.6 is 11.3 Å². The standard InChI is InChI=1S/C23H23FN4O2S/c1-25-22(29)21-20(16-4-3-7-26-23(16)31-21)19-13-28(8-9-30-19)12-14-11-27(2)18-6-5-15(24)10-17(14)18/h3-7,10-11,19H,8-9,12-13H2,1-2H3,(H,25,29). The molecule has 0 aliphatic carbocycles. The predicted molar refractivity (Wildman–Crippen MR) is 120 cm³/mol. The lowest BCUT2D eigenvalue weighted by molar-refractivity contribution is -0.0322. The molecular formula is C23H23FN4O2S. The van der Waals surface area contributed by atoms with E-state index in [4.69, 9.17) is 4.74 Å². The summed E-state index contributed by atoms with van der Waals surface area (Å²) in [5, 5.41) is 4.63. The minimum absolute atomic E-state index is 0.122. The molecule has 160 valence electrons. The number of aryl methyl sites for hydroxylation is 1. The molecule has 1 atom stereocenters. The summed E-state index contributed by atoms with van der Waals surface area (Å²) in [6, 6.07) is 8.79. The van der Waals surface area contributed by atoms with Gasteiger partial charge >= 0.3 is 0 Å². The monoisotopic (exact) mass is 438 g/mol. The van der Waals surface area contributed by atoms with Gasteiger partial charge in [-0.1, -0.05) is 6.07 Å². The van der Waals surface area contributed by atoms with Gasteiger partial charge in [0.25, 0.3) is 5.91 Å². The Hall–Kier alpha value is -2.81. The number of hydrogen-bond donors (Lipinski definition) is 1. The van der Waals surface area contributed by atoms with Crippen molar-refractivity contribution in [2.75, 3.05) is 26.7 Å². The predicted octanol–water partition coefficient (Wildman–Crippen LogP) is 3.86. The molecule has 1 aliphatic rings. The number of carbonyl (C=O) groups excluding carboxylic acids is 1. The largest absolute Gasteiger partial charge is 0.371 e. The van der Waals surface area contributed by atoms with Crippen LogP contribution in [0.1, 0.15) is 26.9 Å². The summed E-state index contributed by atoms with van der Waals surface area (Å²) < 4.78 is 22.0. The summed E-state index contributed by atoms with van der Waals surface area (Å²) in [7, 11) is 3.61. The second-order valence-corrected chi connectivity index (χ2v) is 8.80. The number of carbonyl (C=O) groups is 1. The first-order valence-corrected chi connectivity index (χ1v) is 11.0. The lowest BCUT2D eigenvalue weighted by Crippen LogP contribution is -2.38. The second kappa shape index (κ2) is 8.03. The second-order valence-electron chi connectivity index (χ2n) is 7.80. The van der Waals surface area contributed by atoms with Crippen molar-refractivity contribution in [3.05, 3.63) is 64.5 Å². The third kappa shape index (κ3) is 3.60. The molecule has 1 N–H and O–H groups in total. The van der Waals surface area contributed by atoms with Crippen LogP contribution in [0.3, 0.4) is 0 Å². The highest BCUT2D eigenvalue weighted by Gasteiger charge is 2.30. The van der Waals surface area contributed by atoms with E-state index in [0.29, 0.717) is 24.6 Å². The molecule has 1 aliphatic heterocycles. The van der Waals surface area contributed by atoms with Gasteiger partial charge in [0.1, 0.15) is 15.5 Å². The van der Waals surface area contributed by atoms with Crippen molar-refractivity contribution in [1.29, 1.82) is 0 Å². The van der Waals surface area contributed by atoms with Gasteiger partial charge < -0.3 is 14.6 Å². The van der Waals surface area contributed by atoms with Crippen LogP contribution < -0.4 is 5.32 Å². The molecular weight excluding hydrogens is 415 g/mol. The SMILES string of the molecule is CNC(=O)c1sc2ncccc2c1C1CN(Cc2cn(C)c3ccc(F)cc23)CCO1. The minimum Gasteiger partial charge on any atom is -0.371 e. The van der Waals surface area contributed by atoms with E-state index in [1.165, 1.54) is 17.4 Å². The quantitative estimate of drug-likeness (QED) is 0.526. The van der Waals surface area contributed by atoms with E-state index >= 15 is 0 Å². The normalized spacial score (nSPS) is 17.5. The molecule has 5 rings (SSSR count). The van der Waals surface area contributed by atoms with Gasteiger partial charge in [0.2, 0.25) is 0 Å². The number of nitrogens with zero attached hydrogens (tertiary/aromatic N) is 3. The zero-order valence-corrected chi connectivity index (χ0v) is 18.2. The van der Waals surface area contributed by atoms with E-state index in [2.05, 4.69) is 21.4 Å². The van der Waals surface area contributed by atoms with Gasteiger partial charge in [0.15, 0.2) is 0 Å². The first kappa shape index (κ1) is 20.1. The van der Waals surface area contributed by atoms with Gasteiger partial charge in [-0.3, -0.25) is 9.69 Å². The van der Waals surface area contributed by atoms with Gasteiger partial charge in [-0.25, -0.2) is 9.37 Å². The van der Waals surface area contributed by atoms with Crippen LogP contribution in [0.15, 0.2) is 42.7 Å². The van der Waals surface area contributed by atoms with E-state index in [-0.39, 0.29) is 17.8 Å². The number of fused-ring (bicyclic) bond motifs is 2. The fourth-order valence-corrected chi connectivity index (χ4v) is 5.53. The van der Waals surface area contributed by atoms with Crippen molar-refractivity contribution < 1.29 is 13.9 Å². The Morgan fingerprint density at radius 2 is 2.23 bits per heavy atom. The molecule has 0 radical (unpaired) electrons. The zero-order chi connectivity index (χ0) is 21.5. The molecule has 0 spiro atoms. The lowest BCUT2D eigenvalue weighted by Gasteiger charge is -2.33. The minimum atomic E-state index is -0.231. The van der Waals surface area contributed by atoms with Crippen LogP contribution in [0.2, 0.25) is 0 Å². The van der Waals surface area contributed by atoms with Crippen molar-refractivity contribution in [3.8, 4) is 0 Å². The van der Waals surface area contributed by atoms with Crippen LogP contribution in [0.25, 0.3) is 21.1 Å². The Morgan fingerprint density at radius 1 is 1.35 bits per heavy atom. The molecule has 0 bridgehead atoms. The molecule has 1 aromatic carbocycles. The molecule has 8 heteroatoms. The number of ether oxygens (including phenoxy) is 1. The third-order valence-corrected chi connectivity index (χ3v) is 6.97. The molecule has 1 unspecified atom stereocenters.